The van der Waals surface area contributed by atoms with E-state index in [9.17, 15) is 8.78 Å². The molecule has 68 heavy (non-hydrogen) atoms. The minimum absolute atomic E-state index is 0. The summed E-state index contributed by atoms with van der Waals surface area (Å²) in [7, 11) is 0. The van der Waals surface area contributed by atoms with Crippen LogP contribution in [0.3, 0.4) is 0 Å². The molecule has 5 nitrogen and oxygen atoms in total. The van der Waals surface area contributed by atoms with Crippen molar-refractivity contribution >= 4 is 44.6 Å². The van der Waals surface area contributed by atoms with Gasteiger partial charge >= 0.3 is 0 Å². The summed E-state index contributed by atoms with van der Waals surface area (Å²) in [5.74, 6) is 0.821. The van der Waals surface area contributed by atoms with Gasteiger partial charge in [0.1, 0.15) is 17.5 Å². The van der Waals surface area contributed by atoms with E-state index in [2.05, 4.69) is 170 Å². The van der Waals surface area contributed by atoms with Gasteiger partial charge in [-0.2, -0.15) is 6.07 Å². The number of nitrogens with zero attached hydrogens (tertiary/aromatic N) is 4. The SMILES string of the molecule is CC(C)c1cc(-c2cc(F)cc(F)c2)cc(C(C)C)c1N1[CH-]N(c2[c-]c(Oc3[c-]c4c(cc3)c3ccccc3n4-c3ccccn3)cc(-c3ccc(-c4ccccc4)cc3)c2)c2ccccc21.[Pt]. The summed E-state index contributed by atoms with van der Waals surface area (Å²) in [5, 5.41) is 2.15. The minimum Gasteiger partial charge on any atom is -0.509 e. The third-order valence-corrected chi connectivity index (χ3v) is 12.6. The van der Waals surface area contributed by atoms with Gasteiger partial charge in [-0.15, -0.1) is 53.6 Å². The van der Waals surface area contributed by atoms with E-state index in [1.165, 1.54) is 12.1 Å². The van der Waals surface area contributed by atoms with Gasteiger partial charge in [0, 0.05) is 67.4 Å². The zero-order chi connectivity index (χ0) is 45.8. The zero-order valence-corrected chi connectivity index (χ0v) is 40.1. The number of pyridine rings is 1. The van der Waals surface area contributed by atoms with Gasteiger partial charge in [-0.05, 0) is 111 Å². The Balaban J connectivity index is 0.00000539. The second kappa shape index (κ2) is 18.4. The van der Waals surface area contributed by atoms with E-state index in [4.69, 9.17) is 9.72 Å². The third kappa shape index (κ3) is 8.26. The van der Waals surface area contributed by atoms with Gasteiger partial charge in [0.25, 0.3) is 0 Å². The Bertz CT molecular complexity index is 3410. The molecular weight excluding hydrogens is 1030 g/mol. The Labute approximate surface area is 410 Å². The number of ether oxygens (including phenoxy) is 1. The minimum atomic E-state index is -0.603. The maximum Gasteiger partial charge on any atom is 0.135 e. The number of benzene rings is 8. The molecule has 3 heterocycles. The summed E-state index contributed by atoms with van der Waals surface area (Å²) in [5.41, 5.74) is 13.3. The predicted octanol–water partition coefficient (Wildman–Crippen LogP) is 16.5. The Hall–Kier alpha value is -7.34. The van der Waals surface area contributed by atoms with Crippen LogP contribution in [-0.4, -0.2) is 9.55 Å². The monoisotopic (exact) mass is 1070 g/mol. The molecule has 11 rings (SSSR count). The van der Waals surface area contributed by atoms with Gasteiger partial charge in [0.05, 0.1) is 0 Å². The molecule has 10 aromatic rings. The van der Waals surface area contributed by atoms with Crippen molar-refractivity contribution in [3.8, 4) is 50.7 Å². The van der Waals surface area contributed by atoms with Crippen LogP contribution in [0.1, 0.15) is 50.7 Å². The number of rotatable bonds is 10. The fourth-order valence-electron chi connectivity index (χ4n) is 9.35. The zero-order valence-electron chi connectivity index (χ0n) is 37.8. The van der Waals surface area contributed by atoms with Crippen molar-refractivity contribution in [2.45, 2.75) is 39.5 Å². The molecule has 1 aliphatic rings. The van der Waals surface area contributed by atoms with Crippen molar-refractivity contribution in [1.82, 2.24) is 9.55 Å². The van der Waals surface area contributed by atoms with E-state index >= 15 is 0 Å². The molecule has 0 fully saturated rings. The van der Waals surface area contributed by atoms with E-state index in [-0.39, 0.29) is 32.9 Å². The molecule has 0 bridgehead atoms. The summed E-state index contributed by atoms with van der Waals surface area (Å²) in [6.07, 6.45) is 1.80. The average Bonchev–Trinajstić information content (AvgIpc) is 3.90. The molecule has 338 valence electrons. The van der Waals surface area contributed by atoms with E-state index in [1.54, 1.807) is 6.20 Å². The Morgan fingerprint density at radius 3 is 1.78 bits per heavy atom. The fraction of sp³-hybridized carbons (Fsp3) is 0.100. The fourth-order valence-corrected chi connectivity index (χ4v) is 9.35. The summed E-state index contributed by atoms with van der Waals surface area (Å²) < 4.78 is 38.2. The number of aromatic nitrogens is 2. The quantitative estimate of drug-likeness (QED) is 0.128. The van der Waals surface area contributed by atoms with Crippen LogP contribution in [0.5, 0.6) is 11.5 Å². The first-order chi connectivity index (χ1) is 32.7. The van der Waals surface area contributed by atoms with Crippen molar-refractivity contribution in [1.29, 1.82) is 0 Å². The largest absolute Gasteiger partial charge is 0.509 e. The smallest absolute Gasteiger partial charge is 0.135 e. The Kier molecular flexibility index (Phi) is 12.0. The third-order valence-electron chi connectivity index (χ3n) is 12.6. The number of fused-ring (bicyclic) bond motifs is 4. The van der Waals surface area contributed by atoms with E-state index in [0.29, 0.717) is 17.1 Å². The van der Waals surface area contributed by atoms with E-state index in [0.717, 1.165) is 95.4 Å². The van der Waals surface area contributed by atoms with Crippen molar-refractivity contribution in [3.63, 3.8) is 0 Å². The molecule has 0 aliphatic carbocycles. The first-order valence-corrected chi connectivity index (χ1v) is 22.6. The average molecular weight is 1070 g/mol. The summed E-state index contributed by atoms with van der Waals surface area (Å²) >= 11 is 0. The van der Waals surface area contributed by atoms with Crippen molar-refractivity contribution < 1.29 is 34.6 Å². The molecule has 0 radical (unpaired) electrons. The van der Waals surface area contributed by atoms with Crippen LogP contribution in [-0.2, 0) is 21.1 Å². The topological polar surface area (TPSA) is 33.5 Å². The van der Waals surface area contributed by atoms with Crippen LogP contribution < -0.4 is 14.5 Å². The van der Waals surface area contributed by atoms with E-state index < -0.39 is 11.6 Å². The Morgan fingerprint density at radius 2 is 1.10 bits per heavy atom. The van der Waals surface area contributed by atoms with Crippen molar-refractivity contribution in [2.24, 2.45) is 0 Å². The molecule has 0 spiro atoms. The maximum absolute atomic E-state index is 14.6. The van der Waals surface area contributed by atoms with Gasteiger partial charge in [0.2, 0.25) is 0 Å². The summed E-state index contributed by atoms with van der Waals surface area (Å²) in [6.45, 7) is 10.8. The molecular formula is C60H45F2N4OPt-3. The van der Waals surface area contributed by atoms with Crippen LogP contribution in [0.2, 0.25) is 0 Å². The maximum atomic E-state index is 14.6. The number of anilines is 4. The molecule has 0 N–H and O–H groups in total. The van der Waals surface area contributed by atoms with Crippen LogP contribution in [0, 0.1) is 30.4 Å². The van der Waals surface area contributed by atoms with E-state index in [1.807, 2.05) is 48.5 Å². The summed E-state index contributed by atoms with van der Waals surface area (Å²) in [4.78, 5) is 9.14. The first kappa shape index (κ1) is 44.5. The first-order valence-electron chi connectivity index (χ1n) is 22.6. The molecule has 8 aromatic carbocycles. The summed E-state index contributed by atoms with van der Waals surface area (Å²) in [6, 6.07) is 65.0. The molecule has 8 heteroatoms. The van der Waals surface area contributed by atoms with Gasteiger partial charge in [0.15, 0.2) is 0 Å². The van der Waals surface area contributed by atoms with Gasteiger partial charge in [-0.25, -0.2) is 13.8 Å². The standard InChI is InChI=1S/C60H45F2N4O.Pt/c1-38(2)53-32-45(43-28-46(61)34-47(62)29-43)33-54(39(3)4)60(53)65-37-64(56-18-10-11-19-57(56)65)48-30-44(42-23-21-41(22-24-42)40-14-6-5-7-15-40)31-50(35-48)67-49-25-26-52-51-16-8-9-17-55(51)66(58(52)36-49)59-20-12-13-27-63-59;/h5-34,37-39H,1-4H3;/q-3;. The molecule has 0 saturated carbocycles. The van der Waals surface area contributed by atoms with Gasteiger partial charge in [-0.3, -0.25) is 0 Å². The molecule has 0 saturated heterocycles. The molecule has 0 amide bonds. The predicted molar refractivity (Wildman–Crippen MR) is 269 cm³/mol. The van der Waals surface area contributed by atoms with Gasteiger partial charge < -0.3 is 19.1 Å². The number of hydrogen-bond donors (Lipinski definition) is 0. The number of hydrogen-bond acceptors (Lipinski definition) is 4. The van der Waals surface area contributed by atoms with Crippen LogP contribution >= 0.6 is 0 Å². The Morgan fingerprint density at radius 1 is 0.515 bits per heavy atom. The second-order valence-electron chi connectivity index (χ2n) is 17.6. The van der Waals surface area contributed by atoms with Crippen molar-refractivity contribution in [3.05, 3.63) is 224 Å². The molecule has 2 aromatic heterocycles. The molecule has 1 aliphatic heterocycles. The number of halogens is 2. The second-order valence-corrected chi connectivity index (χ2v) is 17.6. The normalized spacial score (nSPS) is 12.3. The van der Waals surface area contributed by atoms with Gasteiger partial charge in [-0.1, -0.05) is 124 Å². The number of para-hydroxylation sites is 3. The molecule has 0 unspecified atom stereocenters. The van der Waals surface area contributed by atoms with Crippen LogP contribution in [0.25, 0.3) is 61.0 Å². The molecule has 0 atom stereocenters. The van der Waals surface area contributed by atoms with Crippen LogP contribution in [0.4, 0.5) is 31.5 Å². The van der Waals surface area contributed by atoms with Crippen LogP contribution in [0.15, 0.2) is 182 Å². The van der Waals surface area contributed by atoms with Crippen molar-refractivity contribution in [2.75, 3.05) is 9.80 Å².